The molecule has 0 saturated carbocycles. The van der Waals surface area contributed by atoms with Gasteiger partial charge < -0.3 is 19.2 Å². The number of esters is 1. The number of carbonyl (C=O) groups excluding carboxylic acids is 2. The van der Waals surface area contributed by atoms with Crippen LogP contribution in [-0.4, -0.2) is 36.8 Å². The Bertz CT molecular complexity index is 1730. The van der Waals surface area contributed by atoms with E-state index in [1.54, 1.807) is 55.6 Å². The number of carbonyl (C=O) groups is 2. The summed E-state index contributed by atoms with van der Waals surface area (Å²) >= 11 is 6.25. The Kier molecular flexibility index (Phi) is 8.31. The Hall–Kier alpha value is -5.08. The lowest BCUT2D eigenvalue weighted by Gasteiger charge is -2.11. The van der Waals surface area contributed by atoms with Crippen molar-refractivity contribution in [2.75, 3.05) is 13.7 Å². The fourth-order valence-corrected chi connectivity index (χ4v) is 4.48. The molecule has 0 spiro atoms. The van der Waals surface area contributed by atoms with E-state index in [2.05, 4.69) is 15.5 Å². The monoisotopic (exact) mass is 567 g/mol. The Labute approximate surface area is 241 Å². The molecule has 9 heteroatoms. The van der Waals surface area contributed by atoms with Gasteiger partial charge in [-0.1, -0.05) is 41.9 Å². The van der Waals surface area contributed by atoms with Crippen LogP contribution in [-0.2, 0) is 0 Å². The number of aromatic nitrogens is 1. The number of H-pyrrole nitrogens is 1. The first-order chi connectivity index (χ1) is 20.0. The molecule has 206 valence electrons. The largest absolute Gasteiger partial charge is 0.497 e. The molecule has 2 N–H and O–H groups in total. The lowest BCUT2D eigenvalue weighted by molar-refractivity contribution is 0.0728. The molecule has 0 fully saturated rings. The van der Waals surface area contributed by atoms with Crippen LogP contribution in [0.2, 0.25) is 5.02 Å². The highest BCUT2D eigenvalue weighted by Crippen LogP contribution is 2.34. The highest BCUT2D eigenvalue weighted by atomic mass is 35.5. The smallest absolute Gasteiger partial charge is 0.343 e. The third kappa shape index (κ3) is 6.23. The molecule has 0 aliphatic heterocycles. The molecule has 41 heavy (non-hydrogen) atoms. The summed E-state index contributed by atoms with van der Waals surface area (Å²) in [6.45, 7) is 2.19. The predicted molar refractivity (Wildman–Crippen MR) is 159 cm³/mol. The van der Waals surface area contributed by atoms with Gasteiger partial charge in [-0.2, -0.15) is 5.10 Å². The maximum absolute atomic E-state index is 13.2. The molecular weight excluding hydrogens is 542 g/mol. The molecule has 0 bridgehead atoms. The number of nitrogens with one attached hydrogen (secondary N) is 2. The van der Waals surface area contributed by atoms with Gasteiger partial charge in [-0.3, -0.25) is 4.79 Å². The van der Waals surface area contributed by atoms with Crippen LogP contribution in [0.5, 0.6) is 17.2 Å². The summed E-state index contributed by atoms with van der Waals surface area (Å²) in [4.78, 5) is 29.1. The van der Waals surface area contributed by atoms with Gasteiger partial charge in [0, 0.05) is 21.5 Å². The van der Waals surface area contributed by atoms with Crippen molar-refractivity contribution in [3.05, 3.63) is 113 Å². The Morgan fingerprint density at radius 3 is 2.46 bits per heavy atom. The lowest BCUT2D eigenvalue weighted by Crippen LogP contribution is -2.18. The molecule has 4 aromatic carbocycles. The zero-order valence-corrected chi connectivity index (χ0v) is 23.1. The molecular formula is C32H26ClN3O5. The number of methoxy groups -OCH3 is 1. The van der Waals surface area contributed by atoms with Gasteiger partial charge in [-0.15, -0.1) is 0 Å². The van der Waals surface area contributed by atoms with Gasteiger partial charge in [0.15, 0.2) is 11.5 Å². The highest BCUT2D eigenvalue weighted by molar-refractivity contribution is 6.31. The summed E-state index contributed by atoms with van der Waals surface area (Å²) in [7, 11) is 1.55. The summed E-state index contributed by atoms with van der Waals surface area (Å²) in [6.07, 6.45) is 1.48. The van der Waals surface area contributed by atoms with E-state index in [0.717, 1.165) is 22.0 Å². The van der Waals surface area contributed by atoms with Gasteiger partial charge in [0.25, 0.3) is 5.91 Å². The fraction of sp³-hybridized carbons (Fsp3) is 0.0938. The number of nitrogens with zero attached hydrogens (tertiary/aromatic N) is 1. The predicted octanol–water partition coefficient (Wildman–Crippen LogP) is 6.88. The number of hydrogen-bond acceptors (Lipinski definition) is 6. The average Bonchev–Trinajstić information content (AvgIpc) is 3.37. The molecule has 0 unspecified atom stereocenters. The fourth-order valence-electron chi connectivity index (χ4n) is 4.30. The Morgan fingerprint density at radius 1 is 0.951 bits per heavy atom. The zero-order chi connectivity index (χ0) is 28.8. The summed E-state index contributed by atoms with van der Waals surface area (Å²) in [5.41, 5.74) is 6.34. The van der Waals surface area contributed by atoms with Crippen molar-refractivity contribution in [1.82, 2.24) is 10.4 Å². The van der Waals surface area contributed by atoms with E-state index in [0.29, 0.717) is 39.9 Å². The van der Waals surface area contributed by atoms with Crippen molar-refractivity contribution in [1.29, 1.82) is 0 Å². The molecule has 0 radical (unpaired) electrons. The first-order valence-corrected chi connectivity index (χ1v) is 13.2. The van der Waals surface area contributed by atoms with Crippen LogP contribution >= 0.6 is 11.6 Å². The highest BCUT2D eigenvalue weighted by Gasteiger charge is 2.19. The molecule has 5 aromatic rings. The topological polar surface area (TPSA) is 102 Å². The van der Waals surface area contributed by atoms with Crippen LogP contribution in [0.1, 0.15) is 33.3 Å². The van der Waals surface area contributed by atoms with E-state index in [1.165, 1.54) is 6.21 Å². The first kappa shape index (κ1) is 27.5. The van der Waals surface area contributed by atoms with E-state index in [-0.39, 0.29) is 5.75 Å². The van der Waals surface area contributed by atoms with Crippen LogP contribution in [0.15, 0.2) is 96.1 Å². The molecule has 0 aliphatic rings. The van der Waals surface area contributed by atoms with Gasteiger partial charge in [-0.05, 0) is 78.7 Å². The average molecular weight is 568 g/mol. The number of amides is 1. The van der Waals surface area contributed by atoms with Crippen molar-refractivity contribution in [3.8, 4) is 28.4 Å². The van der Waals surface area contributed by atoms with E-state index in [4.69, 9.17) is 25.8 Å². The molecule has 5 rings (SSSR count). The number of benzene rings is 4. The minimum atomic E-state index is -0.531. The number of hydrogen-bond donors (Lipinski definition) is 2. The third-order valence-electron chi connectivity index (χ3n) is 6.23. The minimum absolute atomic E-state index is 0.262. The van der Waals surface area contributed by atoms with Crippen molar-refractivity contribution >= 4 is 40.6 Å². The summed E-state index contributed by atoms with van der Waals surface area (Å²) < 4.78 is 16.4. The van der Waals surface area contributed by atoms with E-state index in [1.807, 2.05) is 49.4 Å². The van der Waals surface area contributed by atoms with Crippen molar-refractivity contribution in [3.63, 3.8) is 0 Å². The second-order valence-corrected chi connectivity index (χ2v) is 9.32. The van der Waals surface area contributed by atoms with Gasteiger partial charge >= 0.3 is 5.97 Å². The molecule has 1 aromatic heterocycles. The minimum Gasteiger partial charge on any atom is -0.497 e. The van der Waals surface area contributed by atoms with Crippen LogP contribution in [0.3, 0.4) is 0 Å². The summed E-state index contributed by atoms with van der Waals surface area (Å²) in [6, 6.07) is 26.6. The third-order valence-corrected chi connectivity index (χ3v) is 6.46. The number of hydrazone groups is 1. The number of halogens is 1. The number of aromatic amines is 1. The van der Waals surface area contributed by atoms with E-state index < -0.39 is 11.9 Å². The normalized spacial score (nSPS) is 11.0. The number of fused-ring (bicyclic) bond motifs is 1. The molecule has 1 amide bonds. The van der Waals surface area contributed by atoms with Gasteiger partial charge in [0.05, 0.1) is 25.5 Å². The molecule has 8 nitrogen and oxygen atoms in total. The molecule has 0 atom stereocenters. The van der Waals surface area contributed by atoms with Crippen molar-refractivity contribution in [2.24, 2.45) is 5.10 Å². The van der Waals surface area contributed by atoms with Crippen LogP contribution in [0, 0.1) is 0 Å². The molecule has 1 heterocycles. The van der Waals surface area contributed by atoms with Crippen LogP contribution in [0.25, 0.3) is 22.0 Å². The Balaban J connectivity index is 1.34. The number of ether oxygens (including phenoxy) is 3. The molecule has 0 saturated heterocycles. The zero-order valence-electron chi connectivity index (χ0n) is 22.3. The number of rotatable bonds is 9. The Morgan fingerprint density at radius 2 is 1.73 bits per heavy atom. The maximum atomic E-state index is 13.2. The standard InChI is InChI=1S/C32H26ClN3O5/c1-3-40-28-17-20(9-16-27(28)41-32(38)22-10-13-24(39-2)14-11-22)19-34-36-31(37)30-29(21-7-5-4-6-8-21)25-18-23(33)12-15-26(25)35-30/h4-19,35H,3H2,1-2H3,(H,36,37). The summed E-state index contributed by atoms with van der Waals surface area (Å²) in [5, 5.41) is 5.55. The van der Waals surface area contributed by atoms with Crippen LogP contribution in [0.4, 0.5) is 0 Å². The van der Waals surface area contributed by atoms with Crippen molar-refractivity contribution < 1.29 is 23.8 Å². The molecule has 0 aliphatic carbocycles. The lowest BCUT2D eigenvalue weighted by atomic mass is 10.0. The van der Waals surface area contributed by atoms with Gasteiger partial charge in [0.2, 0.25) is 0 Å². The van der Waals surface area contributed by atoms with Crippen molar-refractivity contribution in [2.45, 2.75) is 6.92 Å². The SMILES string of the molecule is CCOc1cc(C=NNC(=O)c2[nH]c3ccc(Cl)cc3c2-c2ccccc2)ccc1OC(=O)c1ccc(OC)cc1. The second-order valence-electron chi connectivity index (χ2n) is 8.89. The first-order valence-electron chi connectivity index (χ1n) is 12.8. The van der Waals surface area contributed by atoms with Crippen LogP contribution < -0.4 is 19.6 Å². The summed E-state index contributed by atoms with van der Waals surface area (Å²) in [5.74, 6) is 0.317. The van der Waals surface area contributed by atoms with Gasteiger partial charge in [-0.25, -0.2) is 10.2 Å². The van der Waals surface area contributed by atoms with E-state index in [9.17, 15) is 9.59 Å². The maximum Gasteiger partial charge on any atom is 0.343 e. The quantitative estimate of drug-likeness (QED) is 0.0875. The van der Waals surface area contributed by atoms with E-state index >= 15 is 0 Å². The van der Waals surface area contributed by atoms with Gasteiger partial charge in [0.1, 0.15) is 11.4 Å². The second kappa shape index (κ2) is 12.4.